The molecule has 0 radical (unpaired) electrons. The molecule has 25 heavy (non-hydrogen) atoms. The molecule has 1 aliphatic heterocycles. The van der Waals surface area contributed by atoms with E-state index in [1.165, 1.54) is 17.8 Å². The smallest absolute Gasteiger partial charge is 0.233 e. The molecular formula is C19H21FN2O2S. The molecular weight excluding hydrogens is 339 g/mol. The van der Waals surface area contributed by atoms with Crippen LogP contribution >= 0.6 is 11.8 Å². The van der Waals surface area contributed by atoms with E-state index in [-0.39, 0.29) is 17.5 Å². The fraction of sp³-hybridized carbons (Fsp3) is 0.316. The number of hydrogen-bond donors (Lipinski definition) is 0. The molecule has 132 valence electrons. The summed E-state index contributed by atoms with van der Waals surface area (Å²) in [5.41, 5.74) is 1.05. The Hall–Kier alpha value is -2.21. The lowest BCUT2D eigenvalue weighted by Crippen LogP contribution is -2.49. The van der Waals surface area contributed by atoms with Crippen LogP contribution in [0.1, 0.15) is 0 Å². The number of methoxy groups -OCH3 is 1. The molecule has 4 nitrogen and oxygen atoms in total. The average Bonchev–Trinajstić information content (AvgIpc) is 2.67. The summed E-state index contributed by atoms with van der Waals surface area (Å²) in [6, 6.07) is 14.5. The lowest BCUT2D eigenvalue weighted by Gasteiger charge is -2.36. The molecule has 0 aliphatic carbocycles. The van der Waals surface area contributed by atoms with Gasteiger partial charge in [0.2, 0.25) is 5.91 Å². The van der Waals surface area contributed by atoms with Crippen LogP contribution in [-0.2, 0) is 4.79 Å². The second-order valence-corrected chi connectivity index (χ2v) is 6.78. The zero-order valence-corrected chi connectivity index (χ0v) is 15.0. The molecule has 0 saturated carbocycles. The maximum Gasteiger partial charge on any atom is 0.233 e. The van der Waals surface area contributed by atoms with E-state index >= 15 is 0 Å². The van der Waals surface area contributed by atoms with Crippen molar-refractivity contribution in [1.29, 1.82) is 0 Å². The minimum absolute atomic E-state index is 0.0490. The summed E-state index contributed by atoms with van der Waals surface area (Å²) in [5.74, 6) is 0.877. The Kier molecular flexibility index (Phi) is 5.81. The molecule has 1 fully saturated rings. The van der Waals surface area contributed by atoms with Gasteiger partial charge in [-0.05, 0) is 24.3 Å². The second kappa shape index (κ2) is 8.25. The van der Waals surface area contributed by atoms with Crippen LogP contribution in [0.3, 0.4) is 0 Å². The lowest BCUT2D eigenvalue weighted by molar-refractivity contribution is -0.128. The molecule has 1 saturated heterocycles. The minimum atomic E-state index is -0.277. The number of hydrogen-bond acceptors (Lipinski definition) is 4. The first kappa shape index (κ1) is 17.6. The first-order valence-electron chi connectivity index (χ1n) is 8.22. The van der Waals surface area contributed by atoms with Crippen molar-refractivity contribution in [1.82, 2.24) is 4.90 Å². The summed E-state index contributed by atoms with van der Waals surface area (Å²) in [4.78, 5) is 17.0. The standard InChI is InChI=1S/C19H21FN2O2S/c1-24-17-8-4-3-7-16(17)21-10-12-22(13-11-21)19(23)14-25-18-9-5-2-6-15(18)20/h2-9H,10-14H2,1H3. The number of carbonyl (C=O) groups excluding carboxylic acids is 1. The molecule has 3 rings (SSSR count). The van der Waals surface area contributed by atoms with E-state index in [1.54, 1.807) is 25.3 Å². The van der Waals surface area contributed by atoms with E-state index in [1.807, 2.05) is 29.2 Å². The third-order valence-corrected chi connectivity index (χ3v) is 5.28. The molecule has 1 heterocycles. The topological polar surface area (TPSA) is 32.8 Å². The highest BCUT2D eigenvalue weighted by molar-refractivity contribution is 8.00. The van der Waals surface area contributed by atoms with E-state index in [4.69, 9.17) is 4.74 Å². The van der Waals surface area contributed by atoms with Crippen LogP contribution in [0.4, 0.5) is 10.1 Å². The van der Waals surface area contributed by atoms with Crippen molar-refractivity contribution in [2.45, 2.75) is 4.90 Å². The van der Waals surface area contributed by atoms with Gasteiger partial charge >= 0.3 is 0 Å². The van der Waals surface area contributed by atoms with Gasteiger partial charge in [-0.25, -0.2) is 4.39 Å². The first-order valence-corrected chi connectivity index (χ1v) is 9.20. The fourth-order valence-corrected chi connectivity index (χ4v) is 3.72. The number of nitrogens with zero attached hydrogens (tertiary/aromatic N) is 2. The zero-order valence-electron chi connectivity index (χ0n) is 14.2. The Bertz CT molecular complexity index is 733. The van der Waals surface area contributed by atoms with Crippen molar-refractivity contribution in [3.63, 3.8) is 0 Å². The summed E-state index contributed by atoms with van der Waals surface area (Å²) in [7, 11) is 1.67. The maximum absolute atomic E-state index is 13.6. The Morgan fingerprint density at radius 3 is 2.48 bits per heavy atom. The van der Waals surface area contributed by atoms with Crippen molar-refractivity contribution >= 4 is 23.4 Å². The van der Waals surface area contributed by atoms with Crippen molar-refractivity contribution in [2.75, 3.05) is 43.9 Å². The Balaban J connectivity index is 1.53. The van der Waals surface area contributed by atoms with E-state index in [0.29, 0.717) is 18.0 Å². The van der Waals surface area contributed by atoms with Crippen LogP contribution in [-0.4, -0.2) is 49.8 Å². The number of para-hydroxylation sites is 2. The second-order valence-electron chi connectivity index (χ2n) is 5.76. The van der Waals surface area contributed by atoms with Crippen molar-refractivity contribution in [3.05, 3.63) is 54.3 Å². The monoisotopic (exact) mass is 360 g/mol. The van der Waals surface area contributed by atoms with Crippen LogP contribution < -0.4 is 9.64 Å². The molecule has 1 amide bonds. The first-order chi connectivity index (χ1) is 12.2. The number of amides is 1. The van der Waals surface area contributed by atoms with Gasteiger partial charge in [0.1, 0.15) is 11.6 Å². The molecule has 0 N–H and O–H groups in total. The van der Waals surface area contributed by atoms with Gasteiger partial charge in [-0.1, -0.05) is 24.3 Å². The SMILES string of the molecule is COc1ccccc1N1CCN(C(=O)CSc2ccccc2F)CC1. The molecule has 0 aromatic heterocycles. The van der Waals surface area contributed by atoms with Gasteiger partial charge in [-0.2, -0.15) is 0 Å². The molecule has 2 aromatic carbocycles. The molecule has 2 aromatic rings. The van der Waals surface area contributed by atoms with Crippen LogP contribution in [0.25, 0.3) is 0 Å². The van der Waals surface area contributed by atoms with E-state index < -0.39 is 0 Å². The molecule has 1 aliphatic rings. The zero-order chi connectivity index (χ0) is 17.6. The number of halogens is 1. The van der Waals surface area contributed by atoms with Crippen molar-refractivity contribution in [2.24, 2.45) is 0 Å². The number of piperazine rings is 1. The summed E-state index contributed by atoms with van der Waals surface area (Å²) in [6.45, 7) is 2.84. The number of benzene rings is 2. The van der Waals surface area contributed by atoms with E-state index in [9.17, 15) is 9.18 Å². The van der Waals surface area contributed by atoms with Crippen molar-refractivity contribution < 1.29 is 13.9 Å². The van der Waals surface area contributed by atoms with Crippen LogP contribution in [0, 0.1) is 5.82 Å². The molecule has 0 bridgehead atoms. The van der Waals surface area contributed by atoms with Gasteiger partial charge < -0.3 is 14.5 Å². The van der Waals surface area contributed by atoms with Gasteiger partial charge in [0, 0.05) is 31.1 Å². The molecule has 0 spiro atoms. The van der Waals surface area contributed by atoms with Gasteiger partial charge in [0.05, 0.1) is 18.6 Å². The van der Waals surface area contributed by atoms with Gasteiger partial charge in [0.15, 0.2) is 0 Å². The highest BCUT2D eigenvalue weighted by atomic mass is 32.2. The molecule has 0 atom stereocenters. The fourth-order valence-electron chi connectivity index (χ4n) is 2.88. The average molecular weight is 360 g/mol. The quantitative estimate of drug-likeness (QED) is 0.766. The number of rotatable bonds is 5. The van der Waals surface area contributed by atoms with Gasteiger partial charge in [-0.3, -0.25) is 4.79 Å². The normalized spacial score (nSPS) is 14.5. The van der Waals surface area contributed by atoms with Gasteiger partial charge in [0.25, 0.3) is 0 Å². The number of thioether (sulfide) groups is 1. The summed E-state index contributed by atoms with van der Waals surface area (Å²) in [6.07, 6.45) is 0. The Labute approximate surface area is 151 Å². The third kappa shape index (κ3) is 4.25. The number of anilines is 1. The van der Waals surface area contributed by atoms with E-state index in [2.05, 4.69) is 4.90 Å². The Morgan fingerprint density at radius 1 is 1.08 bits per heavy atom. The lowest BCUT2D eigenvalue weighted by atomic mass is 10.2. The molecule has 6 heteroatoms. The maximum atomic E-state index is 13.6. The minimum Gasteiger partial charge on any atom is -0.495 e. The summed E-state index contributed by atoms with van der Waals surface area (Å²) in [5, 5.41) is 0. The summed E-state index contributed by atoms with van der Waals surface area (Å²) < 4.78 is 19.0. The van der Waals surface area contributed by atoms with E-state index in [0.717, 1.165) is 24.5 Å². The number of carbonyl (C=O) groups is 1. The third-order valence-electron chi connectivity index (χ3n) is 4.25. The van der Waals surface area contributed by atoms with Crippen LogP contribution in [0.5, 0.6) is 5.75 Å². The van der Waals surface area contributed by atoms with Crippen LogP contribution in [0.2, 0.25) is 0 Å². The summed E-state index contributed by atoms with van der Waals surface area (Å²) >= 11 is 1.25. The molecule has 0 unspecified atom stereocenters. The highest BCUT2D eigenvalue weighted by Crippen LogP contribution is 2.28. The number of ether oxygens (including phenoxy) is 1. The predicted octanol–water partition coefficient (Wildman–Crippen LogP) is 3.28. The Morgan fingerprint density at radius 2 is 1.76 bits per heavy atom. The van der Waals surface area contributed by atoms with Gasteiger partial charge in [-0.15, -0.1) is 11.8 Å². The predicted molar refractivity (Wildman–Crippen MR) is 98.9 cm³/mol. The van der Waals surface area contributed by atoms with Crippen molar-refractivity contribution in [3.8, 4) is 5.75 Å². The highest BCUT2D eigenvalue weighted by Gasteiger charge is 2.23. The largest absolute Gasteiger partial charge is 0.495 e. The van der Waals surface area contributed by atoms with Crippen LogP contribution in [0.15, 0.2) is 53.4 Å².